The fourth-order valence-corrected chi connectivity index (χ4v) is 4.37. The van der Waals surface area contributed by atoms with Crippen molar-refractivity contribution in [1.29, 1.82) is 0 Å². The van der Waals surface area contributed by atoms with Crippen molar-refractivity contribution in [2.24, 2.45) is 0 Å². The minimum absolute atomic E-state index is 0.243. The second kappa shape index (κ2) is 21.5. The second-order valence-electron chi connectivity index (χ2n) is 9.27. The number of nitrogens with one attached hydrogen (secondary N) is 1. The van der Waals surface area contributed by atoms with E-state index in [1.165, 1.54) is 116 Å². The first kappa shape index (κ1) is 27.3. The van der Waals surface area contributed by atoms with E-state index in [0.717, 1.165) is 32.6 Å². The summed E-state index contributed by atoms with van der Waals surface area (Å²) in [7, 11) is 0. The molecule has 178 valence electrons. The molecular weight excluding hydrogens is 372 g/mol. The van der Waals surface area contributed by atoms with Crippen LogP contribution < -0.4 is 5.32 Å². The van der Waals surface area contributed by atoms with Crippen molar-refractivity contribution in [3.05, 3.63) is 0 Å². The molecule has 0 aromatic heterocycles. The molecule has 0 aromatic rings. The van der Waals surface area contributed by atoms with E-state index in [9.17, 15) is 4.79 Å². The Morgan fingerprint density at radius 3 is 1.67 bits per heavy atom. The van der Waals surface area contributed by atoms with Gasteiger partial charge in [-0.3, -0.25) is 4.90 Å². The van der Waals surface area contributed by atoms with Gasteiger partial charge < -0.3 is 10.1 Å². The van der Waals surface area contributed by atoms with Crippen molar-refractivity contribution >= 4 is 6.09 Å². The van der Waals surface area contributed by atoms with E-state index in [-0.39, 0.29) is 6.09 Å². The molecule has 0 radical (unpaired) electrons. The van der Waals surface area contributed by atoms with Gasteiger partial charge in [0.05, 0.1) is 0 Å². The quantitative estimate of drug-likeness (QED) is 0.206. The van der Waals surface area contributed by atoms with Crippen molar-refractivity contribution in [1.82, 2.24) is 10.2 Å². The summed E-state index contributed by atoms with van der Waals surface area (Å²) in [5.74, 6) is 0. The summed E-state index contributed by atoms with van der Waals surface area (Å²) in [6, 6.07) is 0. The standard InChI is InChI=1S/C26H52N2O2/c1-2-3-4-5-6-7-8-9-10-11-12-13-14-15-16-18-21-27-26(29)30-25-24-28-22-19-17-20-23-28/h2-25H2,1H3,(H,27,29). The molecule has 0 aromatic carbocycles. The molecule has 30 heavy (non-hydrogen) atoms. The van der Waals surface area contributed by atoms with Gasteiger partial charge in [0.2, 0.25) is 0 Å². The van der Waals surface area contributed by atoms with Crippen molar-refractivity contribution in [3.63, 3.8) is 0 Å². The Balaban J connectivity index is 1.70. The van der Waals surface area contributed by atoms with E-state index in [0.29, 0.717) is 6.61 Å². The maximum atomic E-state index is 11.7. The number of carbonyl (C=O) groups is 1. The lowest BCUT2D eigenvalue weighted by Crippen LogP contribution is -2.34. The average Bonchev–Trinajstić information content (AvgIpc) is 2.76. The topological polar surface area (TPSA) is 41.6 Å². The molecule has 0 atom stereocenters. The second-order valence-corrected chi connectivity index (χ2v) is 9.27. The number of hydrogen-bond donors (Lipinski definition) is 1. The Kier molecular flexibility index (Phi) is 19.5. The Bertz CT molecular complexity index is 370. The molecule has 1 fully saturated rings. The lowest BCUT2D eigenvalue weighted by molar-refractivity contribution is 0.120. The zero-order valence-electron chi connectivity index (χ0n) is 20.2. The lowest BCUT2D eigenvalue weighted by Gasteiger charge is -2.25. The number of nitrogens with zero attached hydrogens (tertiary/aromatic N) is 1. The Morgan fingerprint density at radius 1 is 0.700 bits per heavy atom. The first-order valence-electron chi connectivity index (χ1n) is 13.5. The van der Waals surface area contributed by atoms with Crippen LogP contribution in [0.2, 0.25) is 0 Å². The minimum atomic E-state index is -0.243. The third-order valence-corrected chi connectivity index (χ3v) is 6.39. The maximum absolute atomic E-state index is 11.7. The van der Waals surface area contributed by atoms with Crippen LogP contribution in [-0.2, 0) is 4.74 Å². The first-order valence-corrected chi connectivity index (χ1v) is 13.5. The number of alkyl carbamates (subject to hydrolysis) is 1. The molecule has 4 nitrogen and oxygen atoms in total. The number of piperidine rings is 1. The number of amides is 1. The summed E-state index contributed by atoms with van der Waals surface area (Å²) < 4.78 is 5.28. The smallest absolute Gasteiger partial charge is 0.407 e. The summed E-state index contributed by atoms with van der Waals surface area (Å²) in [4.78, 5) is 14.1. The Labute approximate surface area is 187 Å². The van der Waals surface area contributed by atoms with Crippen LogP contribution in [0.4, 0.5) is 4.79 Å². The van der Waals surface area contributed by atoms with Crippen molar-refractivity contribution in [2.45, 2.75) is 129 Å². The molecule has 0 unspecified atom stereocenters. The summed E-state index contributed by atoms with van der Waals surface area (Å²) in [5.41, 5.74) is 0. The molecule has 1 saturated heterocycles. The lowest BCUT2D eigenvalue weighted by atomic mass is 10.0. The van der Waals surface area contributed by atoms with Crippen molar-refractivity contribution in [3.8, 4) is 0 Å². The van der Waals surface area contributed by atoms with E-state index < -0.39 is 0 Å². The Morgan fingerprint density at radius 2 is 1.17 bits per heavy atom. The minimum Gasteiger partial charge on any atom is -0.448 e. The largest absolute Gasteiger partial charge is 0.448 e. The summed E-state index contributed by atoms with van der Waals surface area (Å²) >= 11 is 0. The van der Waals surface area contributed by atoms with Crippen LogP contribution in [0.25, 0.3) is 0 Å². The van der Waals surface area contributed by atoms with Crippen LogP contribution in [0.15, 0.2) is 0 Å². The highest BCUT2D eigenvalue weighted by molar-refractivity contribution is 5.66. The molecule has 1 N–H and O–H groups in total. The highest BCUT2D eigenvalue weighted by Gasteiger charge is 2.10. The molecule has 1 heterocycles. The predicted octanol–water partition coefficient (Wildman–Crippen LogP) is 7.46. The first-order chi connectivity index (χ1) is 14.8. The molecule has 1 aliphatic heterocycles. The van der Waals surface area contributed by atoms with E-state index in [1.54, 1.807) is 0 Å². The SMILES string of the molecule is CCCCCCCCCCCCCCCCCCNC(=O)OCCN1CCCCC1. The van der Waals surface area contributed by atoms with Crippen LogP contribution in [0.5, 0.6) is 0 Å². The molecule has 0 saturated carbocycles. The molecule has 1 amide bonds. The van der Waals surface area contributed by atoms with Crippen molar-refractivity contribution < 1.29 is 9.53 Å². The molecule has 0 bridgehead atoms. The molecule has 1 aliphatic rings. The van der Waals surface area contributed by atoms with Gasteiger partial charge in [-0.05, 0) is 32.4 Å². The van der Waals surface area contributed by atoms with Gasteiger partial charge in [-0.15, -0.1) is 0 Å². The molecule has 4 heteroatoms. The average molecular weight is 425 g/mol. The van der Waals surface area contributed by atoms with E-state index >= 15 is 0 Å². The van der Waals surface area contributed by atoms with Gasteiger partial charge in [0.15, 0.2) is 0 Å². The molecule has 0 aliphatic carbocycles. The van der Waals surface area contributed by atoms with E-state index in [2.05, 4.69) is 17.1 Å². The zero-order chi connectivity index (χ0) is 21.5. The van der Waals surface area contributed by atoms with Crippen molar-refractivity contribution in [2.75, 3.05) is 32.8 Å². The number of ether oxygens (including phenoxy) is 1. The predicted molar refractivity (Wildman–Crippen MR) is 129 cm³/mol. The van der Waals surface area contributed by atoms with E-state index in [4.69, 9.17) is 4.74 Å². The third kappa shape index (κ3) is 18.0. The van der Waals surface area contributed by atoms with Crippen LogP contribution in [0.1, 0.15) is 129 Å². The summed E-state index contributed by atoms with van der Waals surface area (Å²) in [6.45, 7) is 6.75. The molecular formula is C26H52N2O2. The number of rotatable bonds is 20. The monoisotopic (exact) mass is 424 g/mol. The van der Waals surface area contributed by atoms with Gasteiger partial charge in [0.1, 0.15) is 6.61 Å². The number of unbranched alkanes of at least 4 members (excludes halogenated alkanes) is 15. The highest BCUT2D eigenvalue weighted by Crippen LogP contribution is 2.13. The molecule has 1 rings (SSSR count). The zero-order valence-corrected chi connectivity index (χ0v) is 20.2. The van der Waals surface area contributed by atoms with Crippen LogP contribution in [0, 0.1) is 0 Å². The highest BCUT2D eigenvalue weighted by atomic mass is 16.5. The van der Waals surface area contributed by atoms with E-state index in [1.807, 2.05) is 0 Å². The normalized spacial score (nSPS) is 14.7. The maximum Gasteiger partial charge on any atom is 0.407 e. The van der Waals surface area contributed by atoms with Gasteiger partial charge in [0, 0.05) is 13.1 Å². The number of carbonyl (C=O) groups excluding carboxylic acids is 1. The number of likely N-dealkylation sites (tertiary alicyclic amines) is 1. The fraction of sp³-hybridized carbons (Fsp3) is 0.962. The van der Waals surface area contributed by atoms with Crippen LogP contribution in [-0.4, -0.2) is 43.8 Å². The van der Waals surface area contributed by atoms with Gasteiger partial charge in [-0.2, -0.15) is 0 Å². The van der Waals surface area contributed by atoms with Crippen LogP contribution in [0.3, 0.4) is 0 Å². The fourth-order valence-electron chi connectivity index (χ4n) is 4.37. The summed E-state index contributed by atoms with van der Waals surface area (Å²) in [5, 5.41) is 2.89. The molecule has 0 spiro atoms. The van der Waals surface area contributed by atoms with Gasteiger partial charge in [0.25, 0.3) is 0 Å². The van der Waals surface area contributed by atoms with Gasteiger partial charge in [-0.25, -0.2) is 4.79 Å². The Hall–Kier alpha value is -0.770. The summed E-state index contributed by atoms with van der Waals surface area (Å²) in [6.07, 6.45) is 25.7. The van der Waals surface area contributed by atoms with Crippen LogP contribution >= 0.6 is 0 Å². The van der Waals surface area contributed by atoms with Gasteiger partial charge >= 0.3 is 6.09 Å². The van der Waals surface area contributed by atoms with Gasteiger partial charge in [-0.1, -0.05) is 110 Å². The number of hydrogen-bond acceptors (Lipinski definition) is 3. The third-order valence-electron chi connectivity index (χ3n) is 6.39.